The van der Waals surface area contributed by atoms with Crippen LogP contribution in [0.4, 0.5) is 39.5 Å². The lowest BCUT2D eigenvalue weighted by Gasteiger charge is -2.30. The first-order valence-corrected chi connectivity index (χ1v) is 8.09. The van der Waals surface area contributed by atoms with Gasteiger partial charge in [0.1, 0.15) is 0 Å². The molecule has 1 rings (SSSR count). The van der Waals surface area contributed by atoms with Crippen molar-refractivity contribution in [2.75, 3.05) is 13.2 Å². The Kier molecular flexibility index (Phi) is 6.73. The van der Waals surface area contributed by atoms with E-state index in [9.17, 15) is 39.5 Å². The minimum Gasteiger partial charge on any atom is -0.381 e. The molecule has 1 aliphatic rings. The molecule has 150 valence electrons. The van der Waals surface area contributed by atoms with Crippen LogP contribution in [-0.2, 0) is 4.74 Å². The molecule has 1 fully saturated rings. The van der Waals surface area contributed by atoms with Gasteiger partial charge in [0.15, 0.2) is 0 Å². The first-order chi connectivity index (χ1) is 11.3. The molecule has 0 atom stereocenters. The Balaban J connectivity index is 2.59. The maximum absolute atomic E-state index is 14.1. The van der Waals surface area contributed by atoms with Gasteiger partial charge in [-0.05, 0) is 19.3 Å². The van der Waals surface area contributed by atoms with E-state index in [0.29, 0.717) is 6.42 Å². The first-order valence-electron chi connectivity index (χ1n) is 8.09. The Morgan fingerprint density at radius 3 is 1.48 bits per heavy atom. The smallest absolute Gasteiger partial charge is 0.381 e. The van der Waals surface area contributed by atoms with Crippen molar-refractivity contribution in [3.05, 3.63) is 0 Å². The molecule has 0 aromatic heterocycles. The zero-order valence-electron chi connectivity index (χ0n) is 13.7. The van der Waals surface area contributed by atoms with E-state index in [0.717, 1.165) is 25.7 Å². The summed E-state index contributed by atoms with van der Waals surface area (Å²) < 4.78 is 125. The van der Waals surface area contributed by atoms with Crippen LogP contribution < -0.4 is 0 Å². The fourth-order valence-electron chi connectivity index (χ4n) is 2.73. The van der Waals surface area contributed by atoms with Crippen molar-refractivity contribution >= 4 is 0 Å². The van der Waals surface area contributed by atoms with E-state index in [1.165, 1.54) is 0 Å². The third kappa shape index (κ3) is 3.35. The highest BCUT2D eigenvalue weighted by molar-refractivity contribution is 5.26. The van der Waals surface area contributed by atoms with Gasteiger partial charge in [0, 0.05) is 13.2 Å². The molecule has 0 aromatic carbocycles. The summed E-state index contributed by atoms with van der Waals surface area (Å²) in [7, 11) is 0. The molecule has 0 aromatic rings. The standard InChI is InChI=1S/C15H21F9O/c1-2-3-4-5-6-9-25-10-7-8-11(16)12(17,18)14(21,22)15(23,24)13(11,19)20/h2-10H2,1H3. The van der Waals surface area contributed by atoms with Gasteiger partial charge in [-0.25, -0.2) is 4.39 Å². The van der Waals surface area contributed by atoms with Crippen LogP contribution in [0.1, 0.15) is 51.9 Å². The number of ether oxygens (including phenoxy) is 1. The predicted octanol–water partition coefficient (Wildman–Crippen LogP) is 6.02. The molecule has 0 N–H and O–H groups in total. The van der Waals surface area contributed by atoms with Gasteiger partial charge in [-0.3, -0.25) is 0 Å². The Morgan fingerprint density at radius 1 is 0.560 bits per heavy atom. The van der Waals surface area contributed by atoms with E-state index >= 15 is 0 Å². The monoisotopic (exact) mass is 388 g/mol. The summed E-state index contributed by atoms with van der Waals surface area (Å²) in [4.78, 5) is 0. The third-order valence-corrected chi connectivity index (χ3v) is 4.38. The molecule has 0 heterocycles. The topological polar surface area (TPSA) is 9.23 Å². The Bertz CT molecular complexity index is 411. The second-order valence-corrected chi connectivity index (χ2v) is 6.23. The SMILES string of the molecule is CCCCCCCOCCCC1(F)C(F)(F)C(F)(F)C(F)(F)C1(F)F. The van der Waals surface area contributed by atoms with Gasteiger partial charge < -0.3 is 4.74 Å². The van der Waals surface area contributed by atoms with Crippen molar-refractivity contribution in [3.63, 3.8) is 0 Å². The number of hydrogen-bond acceptors (Lipinski definition) is 1. The number of unbranched alkanes of at least 4 members (excludes halogenated alkanes) is 4. The van der Waals surface area contributed by atoms with Gasteiger partial charge in [-0.2, -0.15) is 35.1 Å². The number of rotatable bonds is 10. The molecular weight excluding hydrogens is 367 g/mol. The van der Waals surface area contributed by atoms with Crippen molar-refractivity contribution in [1.29, 1.82) is 0 Å². The van der Waals surface area contributed by atoms with E-state index in [4.69, 9.17) is 4.74 Å². The van der Waals surface area contributed by atoms with Crippen molar-refractivity contribution < 1.29 is 44.3 Å². The summed E-state index contributed by atoms with van der Waals surface area (Å²) in [6.45, 7) is 1.69. The molecule has 0 radical (unpaired) electrons. The van der Waals surface area contributed by atoms with Gasteiger partial charge >= 0.3 is 23.7 Å². The summed E-state index contributed by atoms with van der Waals surface area (Å²) in [6.07, 6.45) is 1.69. The molecular formula is C15H21F9O. The summed E-state index contributed by atoms with van der Waals surface area (Å²) in [5, 5.41) is 0. The molecule has 0 spiro atoms. The number of hydrogen-bond donors (Lipinski definition) is 0. The average Bonchev–Trinajstić information content (AvgIpc) is 2.56. The maximum atomic E-state index is 14.1. The Labute approximate surface area is 139 Å². The summed E-state index contributed by atoms with van der Waals surface area (Å²) in [6, 6.07) is 0. The molecule has 0 aliphatic heterocycles. The van der Waals surface area contributed by atoms with Gasteiger partial charge in [-0.15, -0.1) is 0 Å². The van der Waals surface area contributed by atoms with Gasteiger partial charge in [0.2, 0.25) is 5.67 Å². The molecule has 1 aliphatic carbocycles. The van der Waals surface area contributed by atoms with E-state index in [-0.39, 0.29) is 6.61 Å². The minimum absolute atomic E-state index is 0.155. The molecule has 0 unspecified atom stereocenters. The first kappa shape index (κ1) is 22.4. The second-order valence-electron chi connectivity index (χ2n) is 6.23. The fraction of sp³-hybridized carbons (Fsp3) is 1.00. The number of halogens is 9. The van der Waals surface area contributed by atoms with Crippen molar-refractivity contribution in [1.82, 2.24) is 0 Å². The summed E-state index contributed by atoms with van der Waals surface area (Å²) in [5.41, 5.74) is -5.35. The van der Waals surface area contributed by atoms with Crippen molar-refractivity contribution in [2.24, 2.45) is 0 Å². The molecule has 1 nitrogen and oxygen atoms in total. The molecule has 0 bridgehead atoms. The highest BCUT2D eigenvalue weighted by Crippen LogP contribution is 2.70. The van der Waals surface area contributed by atoms with Crippen LogP contribution in [0.2, 0.25) is 0 Å². The van der Waals surface area contributed by atoms with E-state index in [1.807, 2.05) is 6.92 Å². The van der Waals surface area contributed by atoms with Crippen LogP contribution in [-0.4, -0.2) is 42.6 Å². The average molecular weight is 388 g/mol. The number of alkyl halides is 9. The lowest BCUT2D eigenvalue weighted by molar-refractivity contribution is -0.303. The van der Waals surface area contributed by atoms with E-state index in [2.05, 4.69) is 0 Å². The predicted molar refractivity (Wildman–Crippen MR) is 72.4 cm³/mol. The zero-order chi connectivity index (χ0) is 19.6. The third-order valence-electron chi connectivity index (χ3n) is 4.38. The largest absolute Gasteiger partial charge is 0.381 e. The van der Waals surface area contributed by atoms with Crippen LogP contribution in [0.3, 0.4) is 0 Å². The summed E-state index contributed by atoms with van der Waals surface area (Å²) >= 11 is 0. The van der Waals surface area contributed by atoms with E-state index < -0.39 is 48.8 Å². The van der Waals surface area contributed by atoms with Gasteiger partial charge in [0.05, 0.1) is 0 Å². The fourth-order valence-corrected chi connectivity index (χ4v) is 2.73. The van der Waals surface area contributed by atoms with Crippen LogP contribution in [0, 0.1) is 0 Å². The van der Waals surface area contributed by atoms with Crippen LogP contribution >= 0.6 is 0 Å². The van der Waals surface area contributed by atoms with Crippen LogP contribution in [0.25, 0.3) is 0 Å². The highest BCUT2D eigenvalue weighted by Gasteiger charge is 2.99. The normalized spacial score (nSPS) is 25.2. The molecule has 25 heavy (non-hydrogen) atoms. The second kappa shape index (κ2) is 7.52. The van der Waals surface area contributed by atoms with E-state index in [1.54, 1.807) is 0 Å². The minimum atomic E-state index is -6.49. The molecule has 10 heteroatoms. The highest BCUT2D eigenvalue weighted by atomic mass is 19.4. The molecule has 0 amide bonds. The Morgan fingerprint density at radius 2 is 1.00 bits per heavy atom. The maximum Gasteiger partial charge on any atom is 0.381 e. The lowest BCUT2D eigenvalue weighted by atomic mass is 9.91. The van der Waals surface area contributed by atoms with Gasteiger partial charge in [0.25, 0.3) is 0 Å². The molecule has 0 saturated heterocycles. The van der Waals surface area contributed by atoms with Crippen LogP contribution in [0.5, 0.6) is 0 Å². The van der Waals surface area contributed by atoms with Gasteiger partial charge in [-0.1, -0.05) is 32.6 Å². The lowest BCUT2D eigenvalue weighted by Crippen LogP contribution is -2.54. The zero-order valence-corrected chi connectivity index (χ0v) is 13.7. The Hall–Kier alpha value is -0.670. The van der Waals surface area contributed by atoms with Crippen molar-refractivity contribution in [2.45, 2.75) is 81.2 Å². The quantitative estimate of drug-likeness (QED) is 0.329. The summed E-state index contributed by atoms with van der Waals surface area (Å²) in [5.74, 6) is -25.4. The van der Waals surface area contributed by atoms with Crippen molar-refractivity contribution in [3.8, 4) is 0 Å². The molecule has 1 saturated carbocycles. The van der Waals surface area contributed by atoms with Crippen LogP contribution in [0.15, 0.2) is 0 Å².